The van der Waals surface area contributed by atoms with E-state index in [4.69, 9.17) is 0 Å². The third-order valence-electron chi connectivity index (χ3n) is 4.69. The van der Waals surface area contributed by atoms with Crippen LogP contribution in [-0.4, -0.2) is 11.6 Å². The lowest BCUT2D eigenvalue weighted by molar-refractivity contribution is -0.141. The summed E-state index contributed by atoms with van der Waals surface area (Å²) in [5, 5.41) is 0. The van der Waals surface area contributed by atoms with Crippen molar-refractivity contribution in [2.75, 3.05) is 0 Å². The fourth-order valence-corrected chi connectivity index (χ4v) is 3.49. The molecule has 0 heterocycles. The SMILES string of the molecule is CCCC(=O)C12CCCCCC(=C(C)CC1)C2=O. The molecule has 18 heavy (non-hydrogen) atoms. The number of rotatable bonds is 3. The highest BCUT2D eigenvalue weighted by atomic mass is 16.2. The van der Waals surface area contributed by atoms with Crippen LogP contribution in [0.4, 0.5) is 0 Å². The zero-order chi connectivity index (χ0) is 13.2. The summed E-state index contributed by atoms with van der Waals surface area (Å²) in [6.07, 6.45) is 8.11. The second-order valence-corrected chi connectivity index (χ2v) is 5.90. The van der Waals surface area contributed by atoms with E-state index in [9.17, 15) is 9.59 Å². The standard InChI is InChI=1S/C16H24O2/c1-3-7-14(17)16-10-6-4-5-8-13(15(16)18)12(2)9-11-16/h3-11H2,1-2H3. The first kappa shape index (κ1) is 13.5. The Balaban J connectivity index is 2.37. The highest BCUT2D eigenvalue weighted by molar-refractivity contribution is 6.15. The second kappa shape index (κ2) is 5.38. The van der Waals surface area contributed by atoms with Gasteiger partial charge >= 0.3 is 0 Å². The highest BCUT2D eigenvalue weighted by Gasteiger charge is 2.47. The largest absolute Gasteiger partial charge is 0.299 e. The van der Waals surface area contributed by atoms with E-state index in [2.05, 4.69) is 6.92 Å². The van der Waals surface area contributed by atoms with Gasteiger partial charge in [-0.15, -0.1) is 0 Å². The molecule has 0 spiro atoms. The lowest BCUT2D eigenvalue weighted by atomic mass is 9.63. The molecule has 0 saturated heterocycles. The lowest BCUT2D eigenvalue weighted by Crippen LogP contribution is -2.43. The van der Waals surface area contributed by atoms with Crippen molar-refractivity contribution in [1.82, 2.24) is 0 Å². The number of carbonyl (C=O) groups is 2. The zero-order valence-electron chi connectivity index (χ0n) is 11.7. The van der Waals surface area contributed by atoms with Gasteiger partial charge in [-0.3, -0.25) is 9.59 Å². The van der Waals surface area contributed by atoms with Gasteiger partial charge in [0.2, 0.25) is 0 Å². The minimum atomic E-state index is -0.634. The maximum atomic E-state index is 12.8. The van der Waals surface area contributed by atoms with Gasteiger partial charge in [0.25, 0.3) is 0 Å². The third-order valence-corrected chi connectivity index (χ3v) is 4.69. The molecule has 0 aromatic heterocycles. The summed E-state index contributed by atoms with van der Waals surface area (Å²) >= 11 is 0. The molecule has 100 valence electrons. The molecule has 2 nitrogen and oxygen atoms in total. The number of hydrogen-bond acceptors (Lipinski definition) is 2. The van der Waals surface area contributed by atoms with Crippen molar-refractivity contribution in [2.24, 2.45) is 5.41 Å². The van der Waals surface area contributed by atoms with Crippen LogP contribution in [0.5, 0.6) is 0 Å². The smallest absolute Gasteiger partial charge is 0.172 e. The molecule has 1 saturated carbocycles. The topological polar surface area (TPSA) is 34.1 Å². The van der Waals surface area contributed by atoms with Crippen LogP contribution in [0.15, 0.2) is 11.1 Å². The third kappa shape index (κ3) is 2.17. The van der Waals surface area contributed by atoms with Crippen molar-refractivity contribution in [3.05, 3.63) is 11.1 Å². The van der Waals surface area contributed by atoms with Crippen molar-refractivity contribution in [3.8, 4) is 0 Å². The molecule has 2 rings (SSSR count). The van der Waals surface area contributed by atoms with E-state index in [-0.39, 0.29) is 11.6 Å². The number of carbonyl (C=O) groups excluding carboxylic acids is 2. The molecular formula is C16H24O2. The molecule has 1 unspecified atom stereocenters. The van der Waals surface area contributed by atoms with E-state index in [0.717, 1.165) is 56.9 Å². The summed E-state index contributed by atoms with van der Waals surface area (Å²) in [5.74, 6) is 0.395. The van der Waals surface area contributed by atoms with Crippen molar-refractivity contribution < 1.29 is 9.59 Å². The van der Waals surface area contributed by atoms with Gasteiger partial charge in [-0.05, 0) is 51.0 Å². The Morgan fingerprint density at radius 1 is 1.17 bits per heavy atom. The van der Waals surface area contributed by atoms with Crippen LogP contribution in [0, 0.1) is 5.41 Å². The van der Waals surface area contributed by atoms with Crippen LogP contribution in [0.3, 0.4) is 0 Å². The minimum Gasteiger partial charge on any atom is -0.299 e. The Labute approximate surface area is 110 Å². The van der Waals surface area contributed by atoms with E-state index in [1.54, 1.807) is 0 Å². The Bertz CT molecular complexity index is 392. The molecule has 0 aliphatic heterocycles. The molecule has 0 aromatic rings. The Hall–Kier alpha value is -0.920. The molecule has 0 radical (unpaired) electrons. The van der Waals surface area contributed by atoms with Gasteiger partial charge in [-0.1, -0.05) is 25.3 Å². The fourth-order valence-electron chi connectivity index (χ4n) is 3.49. The zero-order valence-corrected chi connectivity index (χ0v) is 11.7. The van der Waals surface area contributed by atoms with Crippen LogP contribution < -0.4 is 0 Å². The van der Waals surface area contributed by atoms with Gasteiger partial charge in [-0.2, -0.15) is 0 Å². The molecule has 0 aromatic carbocycles. The summed E-state index contributed by atoms with van der Waals surface area (Å²) in [4.78, 5) is 25.2. The van der Waals surface area contributed by atoms with E-state index in [1.165, 1.54) is 5.57 Å². The first-order valence-electron chi connectivity index (χ1n) is 7.38. The minimum absolute atomic E-state index is 0.185. The monoisotopic (exact) mass is 248 g/mol. The molecule has 2 heteroatoms. The second-order valence-electron chi connectivity index (χ2n) is 5.90. The Morgan fingerprint density at radius 2 is 1.94 bits per heavy atom. The van der Waals surface area contributed by atoms with Crippen LogP contribution in [-0.2, 0) is 9.59 Å². The molecule has 2 aliphatic carbocycles. The summed E-state index contributed by atoms with van der Waals surface area (Å²) in [5.41, 5.74) is 1.60. The summed E-state index contributed by atoms with van der Waals surface area (Å²) < 4.78 is 0. The van der Waals surface area contributed by atoms with Crippen LogP contribution in [0.2, 0.25) is 0 Å². The van der Waals surface area contributed by atoms with Gasteiger partial charge in [0.05, 0.1) is 5.41 Å². The van der Waals surface area contributed by atoms with Crippen molar-refractivity contribution in [3.63, 3.8) is 0 Å². The van der Waals surface area contributed by atoms with E-state index < -0.39 is 5.41 Å². The molecule has 1 fully saturated rings. The quantitative estimate of drug-likeness (QED) is 0.708. The van der Waals surface area contributed by atoms with Crippen LogP contribution in [0.25, 0.3) is 0 Å². The molecule has 0 amide bonds. The normalized spacial score (nSPS) is 28.9. The number of Topliss-reactive ketones (excluding diaryl/α,β-unsaturated/α-hetero) is 2. The van der Waals surface area contributed by atoms with Gasteiger partial charge in [0.1, 0.15) is 5.78 Å². The van der Waals surface area contributed by atoms with Gasteiger partial charge in [0.15, 0.2) is 5.78 Å². The number of allylic oxidation sites excluding steroid dienone is 2. The molecular weight excluding hydrogens is 224 g/mol. The predicted octanol–water partition coefficient (Wildman–Crippen LogP) is 3.99. The van der Waals surface area contributed by atoms with Crippen molar-refractivity contribution >= 4 is 11.6 Å². The summed E-state index contributed by atoms with van der Waals surface area (Å²) in [6.45, 7) is 4.09. The number of ketones is 2. The van der Waals surface area contributed by atoms with E-state index >= 15 is 0 Å². The van der Waals surface area contributed by atoms with E-state index in [0.29, 0.717) is 6.42 Å². The van der Waals surface area contributed by atoms with Crippen LogP contribution >= 0.6 is 0 Å². The van der Waals surface area contributed by atoms with Gasteiger partial charge in [0, 0.05) is 6.42 Å². The predicted molar refractivity (Wildman–Crippen MR) is 72.4 cm³/mol. The number of hydrogen-bond donors (Lipinski definition) is 0. The average Bonchev–Trinajstić information content (AvgIpc) is 2.34. The average molecular weight is 248 g/mol. The Morgan fingerprint density at radius 3 is 2.67 bits per heavy atom. The van der Waals surface area contributed by atoms with E-state index in [1.807, 2.05) is 6.92 Å². The highest BCUT2D eigenvalue weighted by Crippen LogP contribution is 2.44. The Kier molecular flexibility index (Phi) is 4.04. The van der Waals surface area contributed by atoms with Gasteiger partial charge in [-0.25, -0.2) is 0 Å². The summed E-state index contributed by atoms with van der Waals surface area (Å²) in [6, 6.07) is 0. The maximum absolute atomic E-state index is 12.8. The van der Waals surface area contributed by atoms with Crippen molar-refractivity contribution in [1.29, 1.82) is 0 Å². The fraction of sp³-hybridized carbons (Fsp3) is 0.750. The molecule has 0 N–H and O–H groups in total. The lowest BCUT2D eigenvalue weighted by Gasteiger charge is -2.37. The van der Waals surface area contributed by atoms with Crippen LogP contribution in [0.1, 0.15) is 71.6 Å². The van der Waals surface area contributed by atoms with Gasteiger partial charge < -0.3 is 0 Å². The summed E-state index contributed by atoms with van der Waals surface area (Å²) in [7, 11) is 0. The molecule has 2 aliphatic rings. The molecule has 1 atom stereocenters. The molecule has 2 bridgehead atoms. The maximum Gasteiger partial charge on any atom is 0.172 e. The number of fused-ring (bicyclic) bond motifs is 2. The first-order chi connectivity index (χ1) is 8.62. The first-order valence-corrected chi connectivity index (χ1v) is 7.38. The van der Waals surface area contributed by atoms with Crippen molar-refractivity contribution in [2.45, 2.75) is 71.6 Å².